The molecule has 112 valence electrons. The lowest BCUT2D eigenvalue weighted by atomic mass is 10.1. The molecule has 1 fully saturated rings. The fourth-order valence-corrected chi connectivity index (χ4v) is 2.46. The van der Waals surface area contributed by atoms with Crippen molar-refractivity contribution < 1.29 is 9.47 Å². The van der Waals surface area contributed by atoms with E-state index in [0.717, 1.165) is 19.8 Å². The van der Waals surface area contributed by atoms with Crippen LogP contribution in [0.1, 0.15) is 56.9 Å². The molecule has 0 N–H and O–H groups in total. The van der Waals surface area contributed by atoms with Gasteiger partial charge in [-0.05, 0) is 18.4 Å². The van der Waals surface area contributed by atoms with E-state index in [1.54, 1.807) is 0 Å². The molecule has 2 heteroatoms. The van der Waals surface area contributed by atoms with Crippen LogP contribution in [0.15, 0.2) is 30.3 Å². The smallest absolute Gasteiger partial charge is 0.0810 e. The summed E-state index contributed by atoms with van der Waals surface area (Å²) in [5.41, 5.74) is 1.27. The molecule has 0 aliphatic carbocycles. The predicted octanol–water partition coefficient (Wildman–Crippen LogP) is 4.72. The van der Waals surface area contributed by atoms with Crippen LogP contribution in [-0.4, -0.2) is 19.3 Å². The SMILES string of the molecule is c1ccc(COCCCCCCCCC[C@H]2CO2)cc1. The molecule has 2 nitrogen and oxygen atoms in total. The van der Waals surface area contributed by atoms with Crippen LogP contribution in [0.4, 0.5) is 0 Å². The van der Waals surface area contributed by atoms with Crippen molar-refractivity contribution in [2.45, 2.75) is 64.1 Å². The third-order valence-electron chi connectivity index (χ3n) is 3.83. The molecular weight excluding hydrogens is 248 g/mol. The van der Waals surface area contributed by atoms with Gasteiger partial charge in [-0.2, -0.15) is 0 Å². The summed E-state index contributed by atoms with van der Waals surface area (Å²) in [5, 5.41) is 0. The highest BCUT2D eigenvalue weighted by molar-refractivity contribution is 5.13. The highest BCUT2D eigenvalue weighted by atomic mass is 16.6. The van der Waals surface area contributed by atoms with Gasteiger partial charge in [-0.25, -0.2) is 0 Å². The standard InChI is InChI=1S/C18H28O2/c1(2-4-9-13-18-16-20-18)3-5-10-14-19-15-17-11-7-6-8-12-17/h6-8,11-12,18H,1-5,9-10,13-16H2/t18-/m0/s1. The molecule has 0 spiro atoms. The number of hydrogen-bond donors (Lipinski definition) is 0. The summed E-state index contributed by atoms with van der Waals surface area (Å²) in [6.07, 6.45) is 11.3. The number of epoxide rings is 1. The molecule has 2 rings (SSSR count). The van der Waals surface area contributed by atoms with Crippen molar-refractivity contribution >= 4 is 0 Å². The van der Waals surface area contributed by atoms with Gasteiger partial charge in [0.1, 0.15) is 0 Å². The fraction of sp³-hybridized carbons (Fsp3) is 0.667. The molecule has 1 aliphatic rings. The first kappa shape index (κ1) is 15.5. The van der Waals surface area contributed by atoms with E-state index in [4.69, 9.17) is 9.47 Å². The van der Waals surface area contributed by atoms with Crippen molar-refractivity contribution in [2.24, 2.45) is 0 Å². The minimum absolute atomic E-state index is 0.622. The third-order valence-corrected chi connectivity index (χ3v) is 3.83. The molecule has 0 aromatic heterocycles. The number of benzene rings is 1. The Morgan fingerprint density at radius 1 is 0.900 bits per heavy atom. The van der Waals surface area contributed by atoms with Crippen molar-refractivity contribution in [2.75, 3.05) is 13.2 Å². The number of rotatable bonds is 12. The van der Waals surface area contributed by atoms with E-state index < -0.39 is 0 Å². The molecule has 0 amide bonds. The van der Waals surface area contributed by atoms with Crippen molar-refractivity contribution in [3.05, 3.63) is 35.9 Å². The van der Waals surface area contributed by atoms with Crippen molar-refractivity contribution in [3.8, 4) is 0 Å². The monoisotopic (exact) mass is 276 g/mol. The maximum atomic E-state index is 5.68. The third kappa shape index (κ3) is 7.66. The van der Waals surface area contributed by atoms with Gasteiger partial charge >= 0.3 is 0 Å². The lowest BCUT2D eigenvalue weighted by molar-refractivity contribution is 0.116. The summed E-state index contributed by atoms with van der Waals surface area (Å²) in [4.78, 5) is 0. The summed E-state index contributed by atoms with van der Waals surface area (Å²) in [6, 6.07) is 10.4. The van der Waals surface area contributed by atoms with Gasteiger partial charge in [0.15, 0.2) is 0 Å². The maximum Gasteiger partial charge on any atom is 0.0810 e. The zero-order valence-electron chi connectivity index (χ0n) is 12.6. The summed E-state index contributed by atoms with van der Waals surface area (Å²) in [6.45, 7) is 2.67. The zero-order chi connectivity index (χ0) is 13.9. The van der Waals surface area contributed by atoms with E-state index >= 15 is 0 Å². The zero-order valence-corrected chi connectivity index (χ0v) is 12.6. The molecular formula is C18H28O2. The first-order valence-corrected chi connectivity index (χ1v) is 8.18. The second kappa shape index (κ2) is 9.95. The van der Waals surface area contributed by atoms with Crippen LogP contribution in [0.5, 0.6) is 0 Å². The lowest BCUT2D eigenvalue weighted by Gasteiger charge is -2.04. The van der Waals surface area contributed by atoms with Crippen molar-refractivity contribution in [1.29, 1.82) is 0 Å². The first-order valence-electron chi connectivity index (χ1n) is 8.18. The van der Waals surface area contributed by atoms with Gasteiger partial charge < -0.3 is 9.47 Å². The van der Waals surface area contributed by atoms with E-state index in [0.29, 0.717) is 6.10 Å². The minimum Gasteiger partial charge on any atom is -0.377 e. The Hall–Kier alpha value is -0.860. The van der Waals surface area contributed by atoms with E-state index in [1.807, 2.05) is 6.07 Å². The second-order valence-corrected chi connectivity index (χ2v) is 5.76. The van der Waals surface area contributed by atoms with Crippen molar-refractivity contribution in [3.63, 3.8) is 0 Å². The van der Waals surface area contributed by atoms with Gasteiger partial charge in [-0.1, -0.05) is 68.9 Å². The van der Waals surface area contributed by atoms with Crippen LogP contribution in [0.25, 0.3) is 0 Å². The summed E-state index contributed by atoms with van der Waals surface area (Å²) >= 11 is 0. The highest BCUT2D eigenvalue weighted by Gasteiger charge is 2.20. The van der Waals surface area contributed by atoms with Crippen LogP contribution in [-0.2, 0) is 16.1 Å². The molecule has 1 aromatic rings. The van der Waals surface area contributed by atoms with E-state index in [1.165, 1.54) is 56.9 Å². The molecule has 0 bridgehead atoms. The maximum absolute atomic E-state index is 5.68. The Labute approximate surface area is 123 Å². The van der Waals surface area contributed by atoms with Gasteiger partial charge in [0.2, 0.25) is 0 Å². The predicted molar refractivity (Wildman–Crippen MR) is 82.8 cm³/mol. The van der Waals surface area contributed by atoms with Gasteiger partial charge in [-0.15, -0.1) is 0 Å². The molecule has 0 radical (unpaired) electrons. The highest BCUT2D eigenvalue weighted by Crippen LogP contribution is 2.18. The Bertz CT molecular complexity index is 333. The largest absolute Gasteiger partial charge is 0.377 e. The summed E-state index contributed by atoms with van der Waals surface area (Å²) in [5.74, 6) is 0. The van der Waals surface area contributed by atoms with Crippen LogP contribution < -0.4 is 0 Å². The van der Waals surface area contributed by atoms with Gasteiger partial charge in [0.05, 0.1) is 19.3 Å². The van der Waals surface area contributed by atoms with Crippen LogP contribution in [0.3, 0.4) is 0 Å². The number of ether oxygens (including phenoxy) is 2. The molecule has 0 saturated carbocycles. The van der Waals surface area contributed by atoms with Gasteiger partial charge in [0, 0.05) is 6.61 Å². The van der Waals surface area contributed by atoms with Gasteiger partial charge in [0.25, 0.3) is 0 Å². The molecule has 0 unspecified atom stereocenters. The average molecular weight is 276 g/mol. The quantitative estimate of drug-likeness (QED) is 0.407. The Morgan fingerprint density at radius 3 is 2.25 bits per heavy atom. The summed E-state index contributed by atoms with van der Waals surface area (Å²) < 4.78 is 10.9. The topological polar surface area (TPSA) is 21.8 Å². The molecule has 1 aliphatic heterocycles. The van der Waals surface area contributed by atoms with E-state index in [-0.39, 0.29) is 0 Å². The summed E-state index contributed by atoms with van der Waals surface area (Å²) in [7, 11) is 0. The first-order chi connectivity index (χ1) is 9.95. The molecule has 1 aromatic carbocycles. The van der Waals surface area contributed by atoms with Crippen LogP contribution >= 0.6 is 0 Å². The molecule has 1 heterocycles. The normalized spacial score (nSPS) is 17.3. The fourth-order valence-electron chi connectivity index (χ4n) is 2.46. The average Bonchev–Trinajstić information content (AvgIpc) is 3.30. The molecule has 1 atom stereocenters. The van der Waals surface area contributed by atoms with Crippen LogP contribution in [0, 0.1) is 0 Å². The number of unbranched alkanes of at least 4 members (excludes halogenated alkanes) is 6. The Kier molecular flexibility index (Phi) is 7.73. The Balaban J connectivity index is 1.30. The minimum atomic E-state index is 0.622. The van der Waals surface area contributed by atoms with E-state index in [2.05, 4.69) is 24.3 Å². The second-order valence-electron chi connectivity index (χ2n) is 5.76. The van der Waals surface area contributed by atoms with Crippen LogP contribution in [0.2, 0.25) is 0 Å². The molecule has 20 heavy (non-hydrogen) atoms. The lowest BCUT2D eigenvalue weighted by Crippen LogP contribution is -1.95. The Morgan fingerprint density at radius 2 is 1.55 bits per heavy atom. The van der Waals surface area contributed by atoms with Gasteiger partial charge in [-0.3, -0.25) is 0 Å². The number of hydrogen-bond acceptors (Lipinski definition) is 2. The van der Waals surface area contributed by atoms with E-state index in [9.17, 15) is 0 Å². The van der Waals surface area contributed by atoms with Crippen molar-refractivity contribution in [1.82, 2.24) is 0 Å². The molecule has 1 saturated heterocycles.